The van der Waals surface area contributed by atoms with Gasteiger partial charge in [-0.25, -0.2) is 14.2 Å². The molecule has 0 spiro atoms. The van der Waals surface area contributed by atoms with E-state index in [1.54, 1.807) is 11.5 Å². The minimum Gasteiger partial charge on any atom is -0.343 e. The molecule has 2 unspecified atom stereocenters. The number of carbonyl (C=O) groups excluding carboxylic acids is 3. The summed E-state index contributed by atoms with van der Waals surface area (Å²) in [5.74, 6) is -2.58. The van der Waals surface area contributed by atoms with Crippen LogP contribution in [0, 0.1) is 0 Å². The Morgan fingerprint density at radius 3 is 2.66 bits per heavy atom. The molecule has 0 bridgehead atoms. The van der Waals surface area contributed by atoms with E-state index in [9.17, 15) is 32.4 Å². The lowest BCUT2D eigenvalue weighted by Gasteiger charge is -2.36. The molecule has 1 fully saturated rings. The summed E-state index contributed by atoms with van der Waals surface area (Å²) >= 11 is 1.09. The fourth-order valence-corrected chi connectivity index (χ4v) is 4.39. The first-order valence-electron chi connectivity index (χ1n) is 7.93. The van der Waals surface area contributed by atoms with Crippen LogP contribution in [0.25, 0.3) is 0 Å². The number of carbonyl (C=O) groups is 3. The van der Waals surface area contributed by atoms with Crippen LogP contribution in [0.2, 0.25) is 0 Å². The molecule has 1 aromatic rings. The molecule has 0 radical (unpaired) electrons. The normalized spacial score (nSPS) is 23.6. The number of nitrogens with zero attached hydrogens (tertiary/aromatic N) is 2. The van der Waals surface area contributed by atoms with Crippen molar-refractivity contribution < 1.29 is 27.4 Å². The highest BCUT2D eigenvalue weighted by Crippen LogP contribution is 2.37. The molecule has 0 aromatic carbocycles. The number of hydrogen-bond acceptors (Lipinski definition) is 9. The number of rotatable bonds is 6. The lowest BCUT2D eigenvalue weighted by molar-refractivity contribution is -0.140. The summed E-state index contributed by atoms with van der Waals surface area (Å²) in [7, 11) is -4.68. The van der Waals surface area contributed by atoms with Crippen LogP contribution in [0.3, 0.4) is 0 Å². The first kappa shape index (κ1) is 20.7. The molecular weight excluding hydrogens is 432 g/mol. The Kier molecular flexibility index (Phi) is 5.33. The van der Waals surface area contributed by atoms with Gasteiger partial charge in [0.2, 0.25) is 11.6 Å². The molecule has 16 heteroatoms. The van der Waals surface area contributed by atoms with Crippen molar-refractivity contribution in [2.45, 2.75) is 23.8 Å². The molecule has 1 aromatic heterocycles. The maximum Gasteiger partial charge on any atom is 0.362 e. The molecule has 2 aliphatic heterocycles. The second-order valence-corrected chi connectivity index (χ2v) is 8.77. The van der Waals surface area contributed by atoms with Gasteiger partial charge in [-0.3, -0.25) is 28.7 Å². The quantitative estimate of drug-likeness (QED) is 0.221. The van der Waals surface area contributed by atoms with Gasteiger partial charge in [0.05, 0.1) is 13.0 Å². The van der Waals surface area contributed by atoms with Crippen molar-refractivity contribution in [2.24, 2.45) is 0 Å². The summed E-state index contributed by atoms with van der Waals surface area (Å²) in [6.45, 7) is -0.412. The molecule has 5 N–H and O–H groups in total. The largest absolute Gasteiger partial charge is 0.362 e. The van der Waals surface area contributed by atoms with Gasteiger partial charge in [0.15, 0.2) is 0 Å². The molecule has 1 saturated heterocycles. The van der Waals surface area contributed by atoms with Crippen LogP contribution >= 0.6 is 11.8 Å². The number of thioether (sulfide) groups is 1. The number of β-lactam (4-membered cyclic amide) rings is 1. The first-order chi connectivity index (χ1) is 13.5. The number of hydrogen-bond donors (Lipinski definition) is 5. The van der Waals surface area contributed by atoms with Gasteiger partial charge in [0.1, 0.15) is 10.9 Å². The Balaban J connectivity index is 1.66. The molecule has 0 aliphatic carbocycles. The average Bonchev–Trinajstić information content (AvgIpc) is 3.04. The number of aromatic nitrogens is 3. The summed E-state index contributed by atoms with van der Waals surface area (Å²) in [5, 5.41) is 11.8. The topological polar surface area (TPSA) is 211 Å². The summed E-state index contributed by atoms with van der Waals surface area (Å²) in [5.41, 5.74) is -2.50. The van der Waals surface area contributed by atoms with Crippen molar-refractivity contribution in [3.63, 3.8) is 0 Å². The van der Waals surface area contributed by atoms with Gasteiger partial charge < -0.3 is 10.6 Å². The predicted molar refractivity (Wildman–Crippen MR) is 96.8 cm³/mol. The molecule has 2 atom stereocenters. The van der Waals surface area contributed by atoms with Gasteiger partial charge in [-0.2, -0.15) is 13.5 Å². The highest BCUT2D eigenvalue weighted by molar-refractivity contribution is 8.03. The molecule has 29 heavy (non-hydrogen) atoms. The molecule has 156 valence electrons. The number of H-pyrrole nitrogens is 2. The maximum absolute atomic E-state index is 12.4. The van der Waals surface area contributed by atoms with Crippen molar-refractivity contribution in [2.75, 3.05) is 6.54 Å². The van der Waals surface area contributed by atoms with E-state index >= 15 is 0 Å². The zero-order valence-corrected chi connectivity index (χ0v) is 16.0. The smallest absolute Gasteiger partial charge is 0.343 e. The molecule has 3 rings (SSSR count). The van der Waals surface area contributed by atoms with Crippen LogP contribution in [0.15, 0.2) is 21.1 Å². The van der Waals surface area contributed by atoms with Crippen LogP contribution in [0.4, 0.5) is 0 Å². The number of aromatic amines is 2. The lowest BCUT2D eigenvalue weighted by atomic mass is 10.1. The Morgan fingerprint density at radius 1 is 1.38 bits per heavy atom. The van der Waals surface area contributed by atoms with Crippen LogP contribution in [0.1, 0.15) is 23.3 Å². The van der Waals surface area contributed by atoms with Gasteiger partial charge in [-0.05, 0) is 11.8 Å². The molecule has 0 saturated carbocycles. The average molecular weight is 446 g/mol. The minimum absolute atomic E-state index is 0.204. The zero-order chi connectivity index (χ0) is 21.4. The Bertz CT molecular complexity index is 1110. The molecule has 3 heterocycles. The van der Waals surface area contributed by atoms with E-state index in [-0.39, 0.29) is 17.1 Å². The van der Waals surface area contributed by atoms with Crippen LogP contribution in [-0.2, 0) is 19.9 Å². The Morgan fingerprint density at radius 2 is 2.10 bits per heavy atom. The zero-order valence-electron chi connectivity index (χ0n) is 14.4. The van der Waals surface area contributed by atoms with Crippen molar-refractivity contribution in [3.05, 3.63) is 38.0 Å². The Labute approximate surface area is 166 Å². The molecular formula is C13H14N6O8S2. The summed E-state index contributed by atoms with van der Waals surface area (Å²) in [6.07, 6.45) is 1.58. The monoisotopic (exact) mass is 446 g/mol. The van der Waals surface area contributed by atoms with E-state index in [2.05, 4.69) is 15.7 Å². The van der Waals surface area contributed by atoms with Crippen LogP contribution in [-0.4, -0.2) is 67.6 Å². The molecule has 14 nitrogen and oxygen atoms in total. The van der Waals surface area contributed by atoms with Crippen molar-refractivity contribution in [3.8, 4) is 0 Å². The third kappa shape index (κ3) is 4.38. The third-order valence-electron chi connectivity index (χ3n) is 4.06. The molecule has 2 aliphatic rings. The number of nitrogens with one attached hydrogen (secondary N) is 4. The van der Waals surface area contributed by atoms with Gasteiger partial charge >= 0.3 is 16.0 Å². The van der Waals surface area contributed by atoms with Gasteiger partial charge in [-0.15, -0.1) is 11.8 Å². The Hall–Kier alpha value is -2.98. The van der Waals surface area contributed by atoms with E-state index in [1.807, 2.05) is 10.1 Å². The third-order valence-corrected chi connectivity index (χ3v) is 6.14. The fraction of sp³-hybridized carbons (Fsp3) is 0.385. The number of amides is 3. The van der Waals surface area contributed by atoms with E-state index in [4.69, 9.17) is 4.55 Å². The van der Waals surface area contributed by atoms with Gasteiger partial charge in [0, 0.05) is 0 Å². The first-order valence-corrected chi connectivity index (χ1v) is 10.2. The minimum atomic E-state index is -4.68. The van der Waals surface area contributed by atoms with E-state index in [0.717, 1.165) is 11.8 Å². The van der Waals surface area contributed by atoms with Gasteiger partial charge in [0.25, 0.3) is 17.4 Å². The highest BCUT2D eigenvalue weighted by Gasteiger charge is 2.45. The second-order valence-electron chi connectivity index (χ2n) is 6.14. The van der Waals surface area contributed by atoms with Gasteiger partial charge in [-0.1, -0.05) is 6.08 Å². The van der Waals surface area contributed by atoms with Crippen LogP contribution in [0.5, 0.6) is 0 Å². The lowest BCUT2D eigenvalue weighted by Crippen LogP contribution is -2.65. The summed E-state index contributed by atoms with van der Waals surface area (Å²) < 4.78 is 30.9. The standard InChI is InChI=1S/C13H14N6O8S2/c20-7(14-6-5-19(11(6)23)29(25,26)27)4-13(2-1-3-28-13)16-10(22)8-9(21)15-12(24)18-17-8/h1,3,6H,2,4-5H2,(H,14,20)(H,16,22)(H,25,26,27)(H2,15,18,21,24). The highest BCUT2D eigenvalue weighted by atomic mass is 32.2. The predicted octanol–water partition coefficient (Wildman–Crippen LogP) is -2.95. The molecule has 3 amide bonds. The fourth-order valence-electron chi connectivity index (χ4n) is 2.69. The van der Waals surface area contributed by atoms with E-state index < -0.39 is 62.4 Å². The van der Waals surface area contributed by atoms with Crippen molar-refractivity contribution in [1.29, 1.82) is 0 Å². The SMILES string of the molecule is O=C(CC1(NC(=O)c2n[nH]c(=O)[nH]c2=O)CC=CS1)NC1CN(S(=O)(=O)O)C1=O. The maximum atomic E-state index is 12.4. The second kappa shape index (κ2) is 7.45. The van der Waals surface area contributed by atoms with Crippen molar-refractivity contribution in [1.82, 2.24) is 30.1 Å². The van der Waals surface area contributed by atoms with Crippen LogP contribution < -0.4 is 21.9 Å². The van der Waals surface area contributed by atoms with Crippen molar-refractivity contribution >= 4 is 39.8 Å². The summed E-state index contributed by atoms with van der Waals surface area (Å²) in [6, 6.07) is -1.12. The van der Waals surface area contributed by atoms with E-state index in [1.165, 1.54) is 0 Å². The summed E-state index contributed by atoms with van der Waals surface area (Å²) in [4.78, 5) is 59.8. The van der Waals surface area contributed by atoms with E-state index in [0.29, 0.717) is 0 Å².